The molecule has 1 aliphatic carbocycles. The highest BCUT2D eigenvalue weighted by atomic mass is 127. The third-order valence-corrected chi connectivity index (χ3v) is 3.73. The van der Waals surface area contributed by atoms with Crippen molar-refractivity contribution in [3.8, 4) is 0 Å². The number of rotatable bonds is 5. The maximum atomic E-state index is 11.2. The first-order valence-electron chi connectivity index (χ1n) is 7.66. The van der Waals surface area contributed by atoms with Crippen molar-refractivity contribution < 1.29 is 9.21 Å². The Morgan fingerprint density at radius 2 is 2.14 bits per heavy atom. The smallest absolute Gasteiger partial charge is 0.220 e. The Labute approximate surface area is 147 Å². The van der Waals surface area contributed by atoms with Crippen LogP contribution in [-0.2, 0) is 11.2 Å². The van der Waals surface area contributed by atoms with Crippen LogP contribution in [0.1, 0.15) is 31.4 Å². The Morgan fingerprint density at radius 3 is 2.77 bits per heavy atom. The van der Waals surface area contributed by atoms with Gasteiger partial charge in [0.15, 0.2) is 5.96 Å². The van der Waals surface area contributed by atoms with E-state index in [9.17, 15) is 4.79 Å². The molecule has 3 N–H and O–H groups in total. The minimum absolute atomic E-state index is 0. The van der Waals surface area contributed by atoms with Gasteiger partial charge in [0.05, 0.1) is 6.26 Å². The van der Waals surface area contributed by atoms with Gasteiger partial charge in [-0.3, -0.25) is 9.79 Å². The van der Waals surface area contributed by atoms with E-state index in [1.54, 1.807) is 6.26 Å². The quantitative estimate of drug-likeness (QED) is 0.384. The van der Waals surface area contributed by atoms with Crippen molar-refractivity contribution in [3.63, 3.8) is 0 Å². The lowest BCUT2D eigenvalue weighted by molar-refractivity contribution is -0.122. The Hall–Kier alpha value is -1.25. The molecule has 1 saturated heterocycles. The number of amides is 1. The molecule has 1 saturated carbocycles. The maximum Gasteiger partial charge on any atom is 0.220 e. The highest BCUT2D eigenvalue weighted by molar-refractivity contribution is 14.0. The third kappa shape index (κ3) is 5.51. The van der Waals surface area contributed by atoms with E-state index in [0.29, 0.717) is 25.6 Å². The molecule has 0 bridgehead atoms. The number of hydrogen-bond donors (Lipinski definition) is 3. The van der Waals surface area contributed by atoms with Crippen LogP contribution in [0.4, 0.5) is 0 Å². The van der Waals surface area contributed by atoms with Crippen molar-refractivity contribution in [2.24, 2.45) is 4.99 Å². The number of furan rings is 1. The highest BCUT2D eigenvalue weighted by Gasteiger charge is 2.24. The Balaban J connectivity index is 0.00000176. The lowest BCUT2D eigenvalue weighted by atomic mass is 10.1. The van der Waals surface area contributed by atoms with Gasteiger partial charge in [0, 0.05) is 38.0 Å². The fourth-order valence-corrected chi connectivity index (χ4v) is 2.34. The molecule has 2 heterocycles. The van der Waals surface area contributed by atoms with Gasteiger partial charge >= 0.3 is 0 Å². The Morgan fingerprint density at radius 1 is 1.32 bits per heavy atom. The van der Waals surface area contributed by atoms with Gasteiger partial charge in [0.2, 0.25) is 5.91 Å². The molecule has 2 aliphatic rings. The van der Waals surface area contributed by atoms with E-state index in [0.717, 1.165) is 24.6 Å². The second-order valence-electron chi connectivity index (χ2n) is 5.66. The van der Waals surface area contributed by atoms with Crippen LogP contribution < -0.4 is 16.0 Å². The van der Waals surface area contributed by atoms with Gasteiger partial charge in [-0.25, -0.2) is 0 Å². The summed E-state index contributed by atoms with van der Waals surface area (Å²) in [4.78, 5) is 15.8. The summed E-state index contributed by atoms with van der Waals surface area (Å²) in [6, 6.07) is 4.67. The molecule has 1 aromatic heterocycles. The van der Waals surface area contributed by atoms with Gasteiger partial charge in [-0.1, -0.05) is 0 Å². The van der Waals surface area contributed by atoms with Gasteiger partial charge in [-0.15, -0.1) is 24.0 Å². The zero-order valence-corrected chi connectivity index (χ0v) is 14.8. The SMILES string of the molecule is I.O=C1CCC(NC(=NCCc2ccco2)NC2CC2)CN1. The van der Waals surface area contributed by atoms with E-state index in [4.69, 9.17) is 4.42 Å². The molecule has 7 heteroatoms. The van der Waals surface area contributed by atoms with Gasteiger partial charge in [-0.2, -0.15) is 0 Å². The Kier molecular flexibility index (Phi) is 6.53. The standard InChI is InChI=1S/C15H22N4O2.HI/c20-14-6-5-12(10-17-14)19-15(18-11-3-4-11)16-8-7-13-2-1-9-21-13;/h1-2,9,11-12H,3-8,10H2,(H,17,20)(H2,16,18,19);1H. The molecular weight excluding hydrogens is 395 g/mol. The fourth-order valence-electron chi connectivity index (χ4n) is 2.34. The summed E-state index contributed by atoms with van der Waals surface area (Å²) < 4.78 is 5.31. The predicted octanol–water partition coefficient (Wildman–Crippen LogP) is 1.42. The normalized spacial score (nSPS) is 21.7. The first-order chi connectivity index (χ1) is 10.3. The fraction of sp³-hybridized carbons (Fsp3) is 0.600. The van der Waals surface area contributed by atoms with E-state index >= 15 is 0 Å². The van der Waals surface area contributed by atoms with Crippen molar-refractivity contribution >= 4 is 35.8 Å². The molecule has 0 radical (unpaired) electrons. The first-order valence-corrected chi connectivity index (χ1v) is 7.66. The van der Waals surface area contributed by atoms with Crippen LogP contribution in [-0.4, -0.2) is 37.0 Å². The molecule has 6 nitrogen and oxygen atoms in total. The second-order valence-corrected chi connectivity index (χ2v) is 5.66. The van der Waals surface area contributed by atoms with Crippen molar-refractivity contribution in [2.45, 2.75) is 44.2 Å². The molecule has 22 heavy (non-hydrogen) atoms. The van der Waals surface area contributed by atoms with Crippen molar-refractivity contribution in [1.29, 1.82) is 0 Å². The number of carbonyl (C=O) groups excluding carboxylic acids is 1. The zero-order chi connectivity index (χ0) is 14.5. The van der Waals surface area contributed by atoms with Gasteiger partial charge in [0.1, 0.15) is 5.76 Å². The summed E-state index contributed by atoms with van der Waals surface area (Å²) in [6.45, 7) is 1.36. The van der Waals surface area contributed by atoms with E-state index in [2.05, 4.69) is 20.9 Å². The van der Waals surface area contributed by atoms with Crippen molar-refractivity contribution in [3.05, 3.63) is 24.2 Å². The topological polar surface area (TPSA) is 78.7 Å². The largest absolute Gasteiger partial charge is 0.469 e. The van der Waals surface area contributed by atoms with Crippen LogP contribution in [0.5, 0.6) is 0 Å². The minimum Gasteiger partial charge on any atom is -0.469 e. The summed E-state index contributed by atoms with van der Waals surface area (Å²) in [5, 5.41) is 9.73. The summed E-state index contributed by atoms with van der Waals surface area (Å²) in [6.07, 6.45) is 6.34. The van der Waals surface area contributed by atoms with Crippen LogP contribution in [0.15, 0.2) is 27.8 Å². The Bertz CT molecular complexity index is 490. The van der Waals surface area contributed by atoms with Gasteiger partial charge in [0.25, 0.3) is 0 Å². The molecule has 1 amide bonds. The number of nitrogens with one attached hydrogen (secondary N) is 3. The lowest BCUT2D eigenvalue weighted by Gasteiger charge is -2.25. The number of guanidine groups is 1. The number of piperidine rings is 1. The summed E-state index contributed by atoms with van der Waals surface area (Å²) in [5.41, 5.74) is 0. The van der Waals surface area contributed by atoms with Crippen LogP contribution in [0.2, 0.25) is 0 Å². The molecule has 122 valence electrons. The number of aliphatic imine (C=N–C) groups is 1. The zero-order valence-electron chi connectivity index (χ0n) is 12.5. The summed E-state index contributed by atoms with van der Waals surface area (Å²) >= 11 is 0. The van der Waals surface area contributed by atoms with Gasteiger partial charge in [-0.05, 0) is 31.4 Å². The van der Waals surface area contributed by atoms with E-state index in [1.165, 1.54) is 12.8 Å². The van der Waals surface area contributed by atoms with Crippen LogP contribution in [0.3, 0.4) is 0 Å². The first kappa shape index (κ1) is 17.1. The number of carbonyl (C=O) groups is 1. The molecule has 1 unspecified atom stereocenters. The molecule has 2 fully saturated rings. The van der Waals surface area contributed by atoms with Crippen LogP contribution in [0.25, 0.3) is 0 Å². The molecule has 3 rings (SSSR count). The monoisotopic (exact) mass is 418 g/mol. The van der Waals surface area contributed by atoms with E-state index in [-0.39, 0.29) is 35.9 Å². The third-order valence-electron chi connectivity index (χ3n) is 3.73. The van der Waals surface area contributed by atoms with E-state index in [1.807, 2.05) is 12.1 Å². The second kappa shape index (κ2) is 8.40. The average molecular weight is 418 g/mol. The minimum atomic E-state index is 0. The summed E-state index contributed by atoms with van der Waals surface area (Å²) in [5.74, 6) is 1.94. The molecule has 0 spiro atoms. The maximum absolute atomic E-state index is 11.2. The average Bonchev–Trinajstić information content (AvgIpc) is 3.14. The number of halogens is 1. The molecule has 1 atom stereocenters. The predicted molar refractivity (Wildman–Crippen MR) is 95.5 cm³/mol. The van der Waals surface area contributed by atoms with Gasteiger partial charge < -0.3 is 20.4 Å². The van der Waals surface area contributed by atoms with Crippen molar-refractivity contribution in [1.82, 2.24) is 16.0 Å². The van der Waals surface area contributed by atoms with E-state index < -0.39 is 0 Å². The summed E-state index contributed by atoms with van der Waals surface area (Å²) in [7, 11) is 0. The molecule has 1 aromatic rings. The highest BCUT2D eigenvalue weighted by Crippen LogP contribution is 2.18. The van der Waals surface area contributed by atoms with Crippen molar-refractivity contribution in [2.75, 3.05) is 13.1 Å². The number of nitrogens with zero attached hydrogens (tertiary/aromatic N) is 1. The molecule has 1 aliphatic heterocycles. The molecule has 0 aromatic carbocycles. The van der Waals surface area contributed by atoms with Crippen LogP contribution >= 0.6 is 24.0 Å². The molecular formula is C15H23IN4O2. The lowest BCUT2D eigenvalue weighted by Crippen LogP contribution is -2.51. The van der Waals surface area contributed by atoms with Crippen LogP contribution in [0, 0.1) is 0 Å². The number of hydrogen-bond acceptors (Lipinski definition) is 3.